The molecule has 9 heteroatoms. The number of aryl methyl sites for hydroxylation is 1. The fourth-order valence-electron chi connectivity index (χ4n) is 2.81. The minimum absolute atomic E-state index is 0.0619. The zero-order chi connectivity index (χ0) is 22.4. The van der Waals surface area contributed by atoms with Gasteiger partial charge in [0, 0.05) is 13.6 Å². The molecule has 0 aliphatic carbocycles. The average molecular weight is 417 g/mol. The summed E-state index contributed by atoms with van der Waals surface area (Å²) in [5.41, 5.74) is 5.25. The maximum absolute atomic E-state index is 12.5. The predicted molar refractivity (Wildman–Crippen MR) is 112 cm³/mol. The van der Waals surface area contributed by atoms with Crippen LogP contribution in [-0.2, 0) is 29.5 Å². The number of aromatic nitrogens is 2. The summed E-state index contributed by atoms with van der Waals surface area (Å²) in [5.74, 6) is -1.23. The third-order valence-electron chi connectivity index (χ3n) is 4.46. The van der Waals surface area contributed by atoms with Crippen LogP contribution in [0.5, 0.6) is 5.75 Å². The van der Waals surface area contributed by atoms with Crippen molar-refractivity contribution in [2.75, 3.05) is 18.9 Å². The number of nitrogens with two attached hydrogens (primary N) is 1. The van der Waals surface area contributed by atoms with E-state index in [4.69, 9.17) is 15.2 Å². The second-order valence-electron chi connectivity index (χ2n) is 7.28. The lowest BCUT2D eigenvalue weighted by atomic mass is 10.1. The van der Waals surface area contributed by atoms with E-state index in [2.05, 4.69) is 0 Å². The standard InChI is InChI=1S/C21H27N3O6/c1-5-14-6-8-15(9-7-14)29-12-17(26)30-11-16(25)18-19(22)24(10-13(2)3)21(28)23(4)20(18)27/h6-9,13H,5,10-12,22H2,1-4H3. The first-order valence-corrected chi connectivity index (χ1v) is 9.65. The number of nitrogen functional groups attached to an aromatic ring is 1. The molecule has 162 valence electrons. The lowest BCUT2D eigenvalue weighted by Gasteiger charge is -2.16. The Kier molecular flexibility index (Phi) is 7.57. The van der Waals surface area contributed by atoms with Crippen molar-refractivity contribution in [1.29, 1.82) is 0 Å². The molecule has 2 rings (SSSR count). The molecule has 2 aromatic rings. The quantitative estimate of drug-likeness (QED) is 0.480. The highest BCUT2D eigenvalue weighted by Crippen LogP contribution is 2.13. The predicted octanol–water partition coefficient (Wildman–Crippen LogP) is 1.15. The monoisotopic (exact) mass is 417 g/mol. The number of carbonyl (C=O) groups is 2. The van der Waals surface area contributed by atoms with E-state index in [1.54, 1.807) is 12.1 Å². The van der Waals surface area contributed by atoms with E-state index in [0.717, 1.165) is 16.6 Å². The van der Waals surface area contributed by atoms with Crippen molar-refractivity contribution in [2.24, 2.45) is 13.0 Å². The third kappa shape index (κ3) is 5.37. The van der Waals surface area contributed by atoms with Gasteiger partial charge in [-0.05, 0) is 30.0 Å². The van der Waals surface area contributed by atoms with E-state index in [0.29, 0.717) is 5.75 Å². The van der Waals surface area contributed by atoms with Crippen LogP contribution in [0.25, 0.3) is 0 Å². The largest absolute Gasteiger partial charge is 0.482 e. The van der Waals surface area contributed by atoms with Crippen molar-refractivity contribution in [3.63, 3.8) is 0 Å². The van der Waals surface area contributed by atoms with Gasteiger partial charge in [0.15, 0.2) is 13.2 Å². The van der Waals surface area contributed by atoms with Crippen LogP contribution in [0.15, 0.2) is 33.9 Å². The molecule has 0 bridgehead atoms. The molecule has 0 saturated heterocycles. The number of benzene rings is 1. The summed E-state index contributed by atoms with van der Waals surface area (Å²) in [4.78, 5) is 49.1. The average Bonchev–Trinajstić information content (AvgIpc) is 2.72. The maximum Gasteiger partial charge on any atom is 0.344 e. The fourth-order valence-corrected chi connectivity index (χ4v) is 2.81. The van der Waals surface area contributed by atoms with Crippen LogP contribution < -0.4 is 21.7 Å². The molecular weight excluding hydrogens is 390 g/mol. The van der Waals surface area contributed by atoms with Crippen LogP contribution in [-0.4, -0.2) is 34.1 Å². The van der Waals surface area contributed by atoms with Gasteiger partial charge in [0.1, 0.15) is 17.1 Å². The number of hydrogen-bond acceptors (Lipinski definition) is 7. The van der Waals surface area contributed by atoms with Gasteiger partial charge in [0.25, 0.3) is 5.56 Å². The molecule has 2 N–H and O–H groups in total. The highest BCUT2D eigenvalue weighted by molar-refractivity contribution is 6.01. The Morgan fingerprint density at radius 3 is 2.30 bits per heavy atom. The molecule has 1 heterocycles. The summed E-state index contributed by atoms with van der Waals surface area (Å²) in [6.07, 6.45) is 0.886. The van der Waals surface area contributed by atoms with E-state index in [-0.39, 0.29) is 30.5 Å². The SMILES string of the molecule is CCc1ccc(OCC(=O)OCC(=O)c2c(N)n(CC(C)C)c(=O)n(C)c2=O)cc1. The Morgan fingerprint density at radius 1 is 1.10 bits per heavy atom. The lowest BCUT2D eigenvalue weighted by molar-refractivity contribution is -0.144. The smallest absolute Gasteiger partial charge is 0.344 e. The van der Waals surface area contributed by atoms with Crippen molar-refractivity contribution in [2.45, 2.75) is 33.7 Å². The van der Waals surface area contributed by atoms with Crippen LogP contribution in [0.4, 0.5) is 5.82 Å². The number of nitrogens with zero attached hydrogens (tertiary/aromatic N) is 2. The minimum atomic E-state index is -0.828. The Bertz CT molecular complexity index is 1030. The van der Waals surface area contributed by atoms with Crippen LogP contribution in [0.1, 0.15) is 36.7 Å². The zero-order valence-electron chi connectivity index (χ0n) is 17.6. The highest BCUT2D eigenvalue weighted by Gasteiger charge is 2.23. The van der Waals surface area contributed by atoms with E-state index < -0.39 is 29.6 Å². The summed E-state index contributed by atoms with van der Waals surface area (Å²) in [6, 6.07) is 7.24. The first-order chi connectivity index (χ1) is 14.1. The second-order valence-corrected chi connectivity index (χ2v) is 7.28. The number of rotatable bonds is 9. The van der Waals surface area contributed by atoms with E-state index in [9.17, 15) is 19.2 Å². The molecule has 0 radical (unpaired) electrons. The summed E-state index contributed by atoms with van der Waals surface area (Å²) in [7, 11) is 1.27. The van der Waals surface area contributed by atoms with Gasteiger partial charge < -0.3 is 15.2 Å². The van der Waals surface area contributed by atoms with Crippen LogP contribution in [0.3, 0.4) is 0 Å². The molecule has 0 aliphatic rings. The normalized spacial score (nSPS) is 10.8. The van der Waals surface area contributed by atoms with Gasteiger partial charge in [-0.25, -0.2) is 9.59 Å². The van der Waals surface area contributed by atoms with Gasteiger partial charge in [0.05, 0.1) is 0 Å². The molecule has 0 unspecified atom stereocenters. The number of Topliss-reactive ketones (excluding diaryl/α,β-unsaturated/α-hetero) is 1. The van der Waals surface area contributed by atoms with Gasteiger partial charge in [-0.1, -0.05) is 32.9 Å². The molecule has 0 aliphatic heterocycles. The van der Waals surface area contributed by atoms with E-state index >= 15 is 0 Å². The molecule has 1 aromatic carbocycles. The summed E-state index contributed by atoms with van der Waals surface area (Å²) in [6.45, 7) is 4.93. The Balaban J connectivity index is 2.06. The van der Waals surface area contributed by atoms with Crippen LogP contribution >= 0.6 is 0 Å². The summed E-state index contributed by atoms with van der Waals surface area (Å²) >= 11 is 0. The number of hydrogen-bond donors (Lipinski definition) is 1. The number of esters is 1. The van der Waals surface area contributed by atoms with Crippen LogP contribution in [0, 0.1) is 5.92 Å². The third-order valence-corrected chi connectivity index (χ3v) is 4.46. The van der Waals surface area contributed by atoms with E-state index in [1.807, 2.05) is 32.9 Å². The van der Waals surface area contributed by atoms with Crippen molar-refractivity contribution in [3.05, 3.63) is 56.2 Å². The Labute approximate surface area is 174 Å². The van der Waals surface area contributed by atoms with Gasteiger partial charge in [-0.3, -0.25) is 18.7 Å². The first kappa shape index (κ1) is 22.9. The van der Waals surface area contributed by atoms with Crippen molar-refractivity contribution in [3.8, 4) is 5.75 Å². The molecular formula is C21H27N3O6. The van der Waals surface area contributed by atoms with Gasteiger partial charge in [-0.2, -0.15) is 0 Å². The number of carbonyl (C=O) groups excluding carboxylic acids is 2. The van der Waals surface area contributed by atoms with Gasteiger partial charge >= 0.3 is 11.7 Å². The first-order valence-electron chi connectivity index (χ1n) is 9.65. The molecule has 0 saturated carbocycles. The fraction of sp³-hybridized carbons (Fsp3) is 0.429. The maximum atomic E-state index is 12.5. The minimum Gasteiger partial charge on any atom is -0.482 e. The molecule has 0 fully saturated rings. The Hall–Kier alpha value is -3.36. The molecule has 30 heavy (non-hydrogen) atoms. The van der Waals surface area contributed by atoms with E-state index in [1.165, 1.54) is 11.6 Å². The summed E-state index contributed by atoms with van der Waals surface area (Å²) < 4.78 is 12.2. The Morgan fingerprint density at radius 2 is 1.73 bits per heavy atom. The molecule has 1 aromatic heterocycles. The molecule has 9 nitrogen and oxygen atoms in total. The zero-order valence-corrected chi connectivity index (χ0v) is 17.6. The van der Waals surface area contributed by atoms with Crippen molar-refractivity contribution in [1.82, 2.24) is 9.13 Å². The molecule has 0 atom stereocenters. The molecule has 0 spiro atoms. The molecule has 0 amide bonds. The highest BCUT2D eigenvalue weighted by atomic mass is 16.6. The van der Waals surface area contributed by atoms with Crippen LogP contribution in [0.2, 0.25) is 0 Å². The van der Waals surface area contributed by atoms with Crippen molar-refractivity contribution < 1.29 is 19.1 Å². The second kappa shape index (κ2) is 9.91. The number of ether oxygens (including phenoxy) is 2. The topological polar surface area (TPSA) is 123 Å². The number of anilines is 1. The van der Waals surface area contributed by atoms with Gasteiger partial charge in [0.2, 0.25) is 5.78 Å². The van der Waals surface area contributed by atoms with Crippen molar-refractivity contribution >= 4 is 17.6 Å². The number of ketones is 1. The van der Waals surface area contributed by atoms with Gasteiger partial charge in [-0.15, -0.1) is 0 Å². The summed E-state index contributed by atoms with van der Waals surface area (Å²) in [5, 5.41) is 0. The lowest BCUT2D eigenvalue weighted by Crippen LogP contribution is -2.43.